The molecule has 0 amide bonds. The van der Waals surface area contributed by atoms with Crippen LogP contribution in [0.25, 0.3) is 0 Å². The van der Waals surface area contributed by atoms with Crippen LogP contribution < -0.4 is 5.73 Å². The molecule has 0 saturated heterocycles. The molecule has 2 N–H and O–H groups in total. The summed E-state index contributed by atoms with van der Waals surface area (Å²) in [6.07, 6.45) is -4.35. The van der Waals surface area contributed by atoms with Crippen molar-refractivity contribution in [3.8, 4) is 0 Å². The van der Waals surface area contributed by atoms with Crippen molar-refractivity contribution in [1.29, 1.82) is 0 Å². The molecule has 0 fully saturated rings. The van der Waals surface area contributed by atoms with Gasteiger partial charge in [0.05, 0.1) is 5.56 Å². The first-order valence-electron chi connectivity index (χ1n) is 6.17. The van der Waals surface area contributed by atoms with Crippen LogP contribution in [0.1, 0.15) is 17.2 Å². The Morgan fingerprint density at radius 3 is 2.38 bits per heavy atom. The van der Waals surface area contributed by atoms with E-state index in [1.807, 2.05) is 12.1 Å². The minimum absolute atomic E-state index is 0.465. The van der Waals surface area contributed by atoms with E-state index in [0.717, 1.165) is 17.0 Å². The summed E-state index contributed by atoms with van der Waals surface area (Å²) in [4.78, 5) is 0.974. The molecule has 0 aromatic heterocycles. The first kappa shape index (κ1) is 16.2. The Bertz CT molecular complexity index is 599. The van der Waals surface area contributed by atoms with Crippen molar-refractivity contribution >= 4 is 23.4 Å². The average Bonchev–Trinajstić information content (AvgIpc) is 2.45. The number of hydrogen-bond donors (Lipinski definition) is 1. The lowest BCUT2D eigenvalue weighted by molar-refractivity contribution is -0.137. The highest BCUT2D eigenvalue weighted by Crippen LogP contribution is 2.31. The summed E-state index contributed by atoms with van der Waals surface area (Å²) < 4.78 is 38.0. The number of hydrogen-bond acceptors (Lipinski definition) is 2. The minimum atomic E-state index is -4.35. The predicted octanol–water partition coefficient (Wildman–Crippen LogP) is 5.15. The Balaban J connectivity index is 2.03. The van der Waals surface area contributed by atoms with Crippen molar-refractivity contribution in [2.24, 2.45) is 5.73 Å². The van der Waals surface area contributed by atoms with Gasteiger partial charge in [-0.15, -0.1) is 11.8 Å². The zero-order valence-electron chi connectivity index (χ0n) is 10.9. The molecule has 0 aliphatic rings. The Morgan fingerprint density at radius 2 is 1.76 bits per heavy atom. The summed E-state index contributed by atoms with van der Waals surface area (Å²) in [5.74, 6) is 0.489. The standard InChI is InChI=1S/C15H13ClF3NS/c16-12-4-6-13(7-5-12)21-9-14(20)10-2-1-3-11(8-10)15(17,18)19/h1-8,14H,9,20H2. The summed E-state index contributed by atoms with van der Waals surface area (Å²) in [7, 11) is 0. The maximum atomic E-state index is 12.7. The van der Waals surface area contributed by atoms with Crippen molar-refractivity contribution in [3.05, 3.63) is 64.7 Å². The van der Waals surface area contributed by atoms with Gasteiger partial charge in [-0.1, -0.05) is 23.7 Å². The van der Waals surface area contributed by atoms with Crippen molar-refractivity contribution in [1.82, 2.24) is 0 Å². The minimum Gasteiger partial charge on any atom is -0.323 e. The molecule has 112 valence electrons. The molecule has 0 aliphatic carbocycles. The lowest BCUT2D eigenvalue weighted by Gasteiger charge is -2.14. The van der Waals surface area contributed by atoms with Crippen LogP contribution in [0.5, 0.6) is 0 Å². The van der Waals surface area contributed by atoms with Crippen LogP contribution in [0.4, 0.5) is 13.2 Å². The molecule has 0 spiro atoms. The third-order valence-electron chi connectivity index (χ3n) is 2.89. The van der Waals surface area contributed by atoms with E-state index in [4.69, 9.17) is 17.3 Å². The molecule has 1 atom stereocenters. The number of rotatable bonds is 4. The fourth-order valence-electron chi connectivity index (χ4n) is 1.76. The van der Waals surface area contributed by atoms with Gasteiger partial charge in [-0.3, -0.25) is 0 Å². The Labute approximate surface area is 130 Å². The summed E-state index contributed by atoms with van der Waals surface area (Å²) >= 11 is 7.27. The van der Waals surface area contributed by atoms with E-state index in [0.29, 0.717) is 16.3 Å². The number of nitrogens with two attached hydrogens (primary N) is 1. The van der Waals surface area contributed by atoms with Crippen LogP contribution >= 0.6 is 23.4 Å². The second-order valence-corrected chi connectivity index (χ2v) is 6.02. The molecule has 1 nitrogen and oxygen atoms in total. The molecule has 21 heavy (non-hydrogen) atoms. The number of alkyl halides is 3. The summed E-state index contributed by atoms with van der Waals surface area (Å²) in [5, 5.41) is 0.640. The fourth-order valence-corrected chi connectivity index (χ4v) is 2.78. The molecule has 0 bridgehead atoms. The van der Waals surface area contributed by atoms with Gasteiger partial charge in [-0.2, -0.15) is 13.2 Å². The van der Waals surface area contributed by atoms with Gasteiger partial charge in [0.15, 0.2) is 0 Å². The third-order valence-corrected chi connectivity index (χ3v) is 4.27. The highest BCUT2D eigenvalue weighted by molar-refractivity contribution is 7.99. The molecule has 1 unspecified atom stereocenters. The average molecular weight is 332 g/mol. The van der Waals surface area contributed by atoms with Crippen molar-refractivity contribution < 1.29 is 13.2 Å². The lowest BCUT2D eigenvalue weighted by Crippen LogP contribution is -2.14. The van der Waals surface area contributed by atoms with Gasteiger partial charge < -0.3 is 5.73 Å². The predicted molar refractivity (Wildman–Crippen MR) is 80.5 cm³/mol. The van der Waals surface area contributed by atoms with E-state index in [9.17, 15) is 13.2 Å². The molecule has 2 rings (SSSR count). The van der Waals surface area contributed by atoms with Gasteiger partial charge >= 0.3 is 6.18 Å². The van der Waals surface area contributed by atoms with Gasteiger partial charge in [0.2, 0.25) is 0 Å². The van der Waals surface area contributed by atoms with Gasteiger partial charge in [0.1, 0.15) is 0 Å². The van der Waals surface area contributed by atoms with Crippen LogP contribution in [0.15, 0.2) is 53.4 Å². The first-order chi connectivity index (χ1) is 9.86. The quantitative estimate of drug-likeness (QED) is 0.784. The monoisotopic (exact) mass is 331 g/mol. The number of thioether (sulfide) groups is 1. The topological polar surface area (TPSA) is 26.0 Å². The zero-order valence-corrected chi connectivity index (χ0v) is 12.5. The van der Waals surface area contributed by atoms with E-state index in [1.165, 1.54) is 17.8 Å². The third kappa shape index (κ3) is 4.66. The maximum Gasteiger partial charge on any atom is 0.416 e. The highest BCUT2D eigenvalue weighted by atomic mass is 35.5. The number of benzene rings is 2. The summed E-state index contributed by atoms with van der Waals surface area (Å²) in [5.41, 5.74) is 5.77. The van der Waals surface area contributed by atoms with Gasteiger partial charge in [-0.25, -0.2) is 0 Å². The maximum absolute atomic E-state index is 12.7. The smallest absolute Gasteiger partial charge is 0.323 e. The number of halogens is 4. The fraction of sp³-hybridized carbons (Fsp3) is 0.200. The van der Waals surface area contributed by atoms with E-state index >= 15 is 0 Å². The molecular weight excluding hydrogens is 319 g/mol. The largest absolute Gasteiger partial charge is 0.416 e. The molecule has 2 aromatic rings. The van der Waals surface area contributed by atoms with Crippen molar-refractivity contribution in [3.63, 3.8) is 0 Å². The van der Waals surface area contributed by atoms with Crippen LogP contribution in [0.2, 0.25) is 5.02 Å². The molecular formula is C15H13ClF3NS. The molecule has 0 aliphatic heterocycles. The van der Waals surface area contributed by atoms with Crippen molar-refractivity contribution in [2.75, 3.05) is 5.75 Å². The molecule has 0 radical (unpaired) electrons. The Hall–Kier alpha value is -1.17. The molecule has 6 heteroatoms. The molecule has 0 saturated carbocycles. The van der Waals surface area contributed by atoms with Gasteiger partial charge in [0, 0.05) is 21.7 Å². The SMILES string of the molecule is NC(CSc1ccc(Cl)cc1)c1cccc(C(F)(F)F)c1. The van der Waals surface area contributed by atoms with Crippen molar-refractivity contribution in [2.45, 2.75) is 17.1 Å². The summed E-state index contributed by atoms with van der Waals surface area (Å²) in [6.45, 7) is 0. The van der Waals surface area contributed by atoms with Gasteiger partial charge in [0.25, 0.3) is 0 Å². The second-order valence-electron chi connectivity index (χ2n) is 4.49. The van der Waals surface area contributed by atoms with Crippen LogP contribution in [0.3, 0.4) is 0 Å². The molecule has 0 heterocycles. The summed E-state index contributed by atoms with van der Waals surface area (Å²) in [6, 6.07) is 11.9. The zero-order chi connectivity index (χ0) is 15.5. The van der Waals surface area contributed by atoms with E-state index in [2.05, 4.69) is 0 Å². The Morgan fingerprint density at radius 1 is 1.10 bits per heavy atom. The van der Waals surface area contributed by atoms with E-state index in [-0.39, 0.29) is 0 Å². The highest BCUT2D eigenvalue weighted by Gasteiger charge is 2.30. The van der Waals surface area contributed by atoms with E-state index < -0.39 is 17.8 Å². The van der Waals surface area contributed by atoms with E-state index in [1.54, 1.807) is 18.2 Å². The molecule has 2 aromatic carbocycles. The van der Waals surface area contributed by atoms with Crippen LogP contribution in [-0.4, -0.2) is 5.75 Å². The Kier molecular flexibility index (Phi) is 5.19. The lowest BCUT2D eigenvalue weighted by atomic mass is 10.1. The van der Waals surface area contributed by atoms with Crippen LogP contribution in [0, 0.1) is 0 Å². The normalized spacial score (nSPS) is 13.2. The first-order valence-corrected chi connectivity index (χ1v) is 7.54. The van der Waals surface area contributed by atoms with Crippen LogP contribution in [-0.2, 0) is 6.18 Å². The van der Waals surface area contributed by atoms with Gasteiger partial charge in [-0.05, 0) is 42.0 Å². The second kappa shape index (κ2) is 6.73.